The molecular weight excluding hydrogens is 288 g/mol. The lowest BCUT2D eigenvalue weighted by molar-refractivity contribution is 0.314. The van der Waals surface area contributed by atoms with E-state index in [1.54, 1.807) is 24.3 Å². The minimum atomic E-state index is -3.39. The van der Waals surface area contributed by atoms with E-state index in [0.717, 1.165) is 19.5 Å². The van der Waals surface area contributed by atoms with Crippen LogP contribution in [0.3, 0.4) is 0 Å². The number of benzene rings is 1. The quantitative estimate of drug-likeness (QED) is 0.672. The molecule has 5 nitrogen and oxygen atoms in total. The highest BCUT2D eigenvalue weighted by Gasteiger charge is 2.21. The predicted molar refractivity (Wildman–Crippen MR) is 85.2 cm³/mol. The molecule has 1 aromatic rings. The molecule has 0 amide bonds. The van der Waals surface area contributed by atoms with Crippen LogP contribution in [-0.2, 0) is 10.0 Å². The van der Waals surface area contributed by atoms with Crippen LogP contribution in [0.5, 0.6) is 5.75 Å². The summed E-state index contributed by atoms with van der Waals surface area (Å²) in [5, 5.41) is 3.24. The highest BCUT2D eigenvalue weighted by molar-refractivity contribution is 7.89. The summed E-state index contributed by atoms with van der Waals surface area (Å²) in [6, 6.07) is 6.61. The zero-order chi connectivity index (χ0) is 15.7. The van der Waals surface area contributed by atoms with Gasteiger partial charge in [-0.25, -0.2) is 8.42 Å². The molecule has 0 aliphatic heterocycles. The van der Waals surface area contributed by atoms with E-state index in [2.05, 4.69) is 12.2 Å². The molecule has 0 radical (unpaired) electrons. The monoisotopic (exact) mass is 314 g/mol. The van der Waals surface area contributed by atoms with E-state index in [-0.39, 0.29) is 0 Å². The van der Waals surface area contributed by atoms with Crippen LogP contribution in [0.15, 0.2) is 29.2 Å². The summed E-state index contributed by atoms with van der Waals surface area (Å²) in [5.41, 5.74) is 0. The Morgan fingerprint density at radius 1 is 1.05 bits per heavy atom. The van der Waals surface area contributed by atoms with E-state index in [9.17, 15) is 8.42 Å². The van der Waals surface area contributed by atoms with Gasteiger partial charge in [-0.3, -0.25) is 0 Å². The Labute approximate surface area is 128 Å². The molecule has 0 aromatic heterocycles. The van der Waals surface area contributed by atoms with Crippen molar-refractivity contribution in [2.75, 3.05) is 32.8 Å². The van der Waals surface area contributed by atoms with Crippen molar-refractivity contribution in [2.24, 2.45) is 0 Å². The van der Waals surface area contributed by atoms with Crippen molar-refractivity contribution in [3.05, 3.63) is 24.3 Å². The zero-order valence-electron chi connectivity index (χ0n) is 13.1. The molecule has 1 rings (SSSR count). The van der Waals surface area contributed by atoms with E-state index in [0.29, 0.717) is 30.3 Å². The minimum absolute atomic E-state index is 0.308. The largest absolute Gasteiger partial charge is 0.492 e. The number of ether oxygens (including phenoxy) is 1. The lowest BCUT2D eigenvalue weighted by Crippen LogP contribution is -2.30. The van der Waals surface area contributed by atoms with Crippen molar-refractivity contribution >= 4 is 10.0 Å². The van der Waals surface area contributed by atoms with Crippen molar-refractivity contribution in [1.29, 1.82) is 0 Å². The summed E-state index contributed by atoms with van der Waals surface area (Å²) in [6.07, 6.45) is 1.10. The fraction of sp³-hybridized carbons (Fsp3) is 0.600. The fourth-order valence-corrected chi connectivity index (χ4v) is 3.42. The van der Waals surface area contributed by atoms with Gasteiger partial charge in [0.05, 0.1) is 4.90 Å². The van der Waals surface area contributed by atoms with Gasteiger partial charge in [0.1, 0.15) is 12.4 Å². The maximum Gasteiger partial charge on any atom is 0.243 e. The number of hydrogen-bond acceptors (Lipinski definition) is 4. The van der Waals surface area contributed by atoms with Crippen LogP contribution in [-0.4, -0.2) is 45.5 Å². The van der Waals surface area contributed by atoms with E-state index in [4.69, 9.17) is 4.74 Å². The summed E-state index contributed by atoms with van der Waals surface area (Å²) >= 11 is 0. The van der Waals surface area contributed by atoms with Crippen molar-refractivity contribution < 1.29 is 13.2 Å². The first-order chi connectivity index (χ1) is 10.1. The summed E-state index contributed by atoms with van der Waals surface area (Å²) in [6.45, 7) is 9.06. The van der Waals surface area contributed by atoms with Crippen LogP contribution in [0.25, 0.3) is 0 Å². The highest BCUT2D eigenvalue weighted by atomic mass is 32.2. The van der Waals surface area contributed by atoms with E-state index in [1.165, 1.54) is 4.31 Å². The molecule has 1 N–H and O–H groups in total. The van der Waals surface area contributed by atoms with Gasteiger partial charge in [0.25, 0.3) is 0 Å². The minimum Gasteiger partial charge on any atom is -0.492 e. The van der Waals surface area contributed by atoms with E-state index >= 15 is 0 Å². The Morgan fingerprint density at radius 3 is 2.19 bits per heavy atom. The Bertz CT molecular complexity index is 496. The number of hydrogen-bond donors (Lipinski definition) is 1. The van der Waals surface area contributed by atoms with Gasteiger partial charge in [0.2, 0.25) is 10.0 Å². The predicted octanol–water partition coefficient (Wildman–Crippen LogP) is 2.10. The molecule has 0 unspecified atom stereocenters. The highest BCUT2D eigenvalue weighted by Crippen LogP contribution is 2.19. The van der Waals surface area contributed by atoms with Gasteiger partial charge < -0.3 is 10.1 Å². The van der Waals surface area contributed by atoms with Gasteiger partial charge in [-0.05, 0) is 37.2 Å². The molecular formula is C15H26N2O3S. The molecule has 0 bridgehead atoms. The van der Waals surface area contributed by atoms with Gasteiger partial charge in [-0.1, -0.05) is 20.8 Å². The first-order valence-corrected chi connectivity index (χ1v) is 8.94. The number of rotatable bonds is 10. The number of nitrogens with one attached hydrogen (secondary N) is 1. The molecule has 1 aromatic carbocycles. The molecule has 0 atom stereocenters. The van der Waals surface area contributed by atoms with Gasteiger partial charge in [0, 0.05) is 19.6 Å². The van der Waals surface area contributed by atoms with Crippen LogP contribution in [0.2, 0.25) is 0 Å². The molecule has 0 fully saturated rings. The summed E-state index contributed by atoms with van der Waals surface area (Å²) < 4.78 is 31.6. The van der Waals surface area contributed by atoms with Crippen LogP contribution in [0.1, 0.15) is 27.2 Å². The Morgan fingerprint density at radius 2 is 1.67 bits per heavy atom. The zero-order valence-corrected chi connectivity index (χ0v) is 13.9. The van der Waals surface area contributed by atoms with Crippen molar-refractivity contribution in [1.82, 2.24) is 9.62 Å². The van der Waals surface area contributed by atoms with Gasteiger partial charge in [0.15, 0.2) is 0 Å². The Kier molecular flexibility index (Phi) is 7.71. The lowest BCUT2D eigenvalue weighted by Gasteiger charge is -2.18. The van der Waals surface area contributed by atoms with Crippen molar-refractivity contribution in [3.63, 3.8) is 0 Å². The summed E-state index contributed by atoms with van der Waals surface area (Å²) in [4.78, 5) is 0.308. The first kappa shape index (κ1) is 17.9. The molecule has 0 spiro atoms. The van der Waals surface area contributed by atoms with Crippen LogP contribution in [0.4, 0.5) is 0 Å². The van der Waals surface area contributed by atoms with Crippen molar-refractivity contribution in [3.8, 4) is 5.75 Å². The molecule has 120 valence electrons. The third kappa shape index (κ3) is 5.30. The van der Waals surface area contributed by atoms with Crippen LogP contribution < -0.4 is 10.1 Å². The SMILES string of the molecule is CCCNCCOc1ccc(S(=O)(=O)N(CC)CC)cc1. The first-order valence-electron chi connectivity index (χ1n) is 7.50. The van der Waals surface area contributed by atoms with Crippen LogP contribution >= 0.6 is 0 Å². The molecule has 0 saturated carbocycles. The second-order valence-corrected chi connectivity index (χ2v) is 6.60. The van der Waals surface area contributed by atoms with E-state index in [1.807, 2.05) is 13.8 Å². The molecule has 0 aliphatic rings. The summed E-state index contributed by atoms with van der Waals surface area (Å²) in [5.74, 6) is 0.687. The third-order valence-electron chi connectivity index (χ3n) is 3.14. The van der Waals surface area contributed by atoms with Gasteiger partial charge >= 0.3 is 0 Å². The smallest absolute Gasteiger partial charge is 0.243 e. The maximum atomic E-state index is 12.3. The second-order valence-electron chi connectivity index (χ2n) is 4.66. The molecule has 0 aliphatic carbocycles. The molecule has 0 heterocycles. The Balaban J connectivity index is 2.61. The molecule has 0 saturated heterocycles. The topological polar surface area (TPSA) is 58.6 Å². The average Bonchev–Trinajstić information content (AvgIpc) is 2.48. The van der Waals surface area contributed by atoms with Crippen molar-refractivity contribution in [2.45, 2.75) is 32.1 Å². The van der Waals surface area contributed by atoms with Gasteiger partial charge in [-0.15, -0.1) is 0 Å². The standard InChI is InChI=1S/C15H26N2O3S/c1-4-11-16-12-13-20-14-7-9-15(10-8-14)21(18,19)17(5-2)6-3/h7-10,16H,4-6,11-13H2,1-3H3. The normalized spacial score (nSPS) is 11.8. The number of nitrogens with zero attached hydrogens (tertiary/aromatic N) is 1. The summed E-state index contributed by atoms with van der Waals surface area (Å²) in [7, 11) is -3.39. The van der Waals surface area contributed by atoms with E-state index < -0.39 is 10.0 Å². The number of sulfonamides is 1. The third-order valence-corrected chi connectivity index (χ3v) is 5.21. The molecule has 6 heteroatoms. The maximum absolute atomic E-state index is 12.3. The lowest BCUT2D eigenvalue weighted by atomic mass is 10.3. The second kappa shape index (κ2) is 9.02. The Hall–Kier alpha value is -1.11. The fourth-order valence-electron chi connectivity index (χ4n) is 1.96. The van der Waals surface area contributed by atoms with Gasteiger partial charge in [-0.2, -0.15) is 4.31 Å². The molecule has 21 heavy (non-hydrogen) atoms. The average molecular weight is 314 g/mol. The van der Waals surface area contributed by atoms with Crippen LogP contribution in [0, 0.1) is 0 Å².